The summed E-state index contributed by atoms with van der Waals surface area (Å²) in [6.45, 7) is -1.62. The van der Waals surface area contributed by atoms with Gasteiger partial charge in [0, 0.05) is 24.8 Å². The topological polar surface area (TPSA) is 57.3 Å². The average molecular weight is 388 g/mol. The molecule has 0 amide bonds. The Morgan fingerprint density at radius 3 is 2.41 bits per heavy atom. The van der Waals surface area contributed by atoms with E-state index < -0.39 is 31.0 Å². The Bertz CT molecular complexity index is 1000. The third kappa shape index (κ3) is 4.63. The number of fused-ring (bicyclic) bond motifs is 1. The van der Waals surface area contributed by atoms with Gasteiger partial charge in [0.2, 0.25) is 5.88 Å². The summed E-state index contributed by atoms with van der Waals surface area (Å²) in [6.07, 6.45) is -3.19. The minimum atomic E-state index is -4.47. The van der Waals surface area contributed by atoms with Crippen molar-refractivity contribution in [1.29, 1.82) is 0 Å². The van der Waals surface area contributed by atoms with Crippen LogP contribution < -0.4 is 10.5 Å². The molecule has 1 aromatic carbocycles. The Labute approximate surface area is 149 Å². The van der Waals surface area contributed by atoms with E-state index in [0.717, 1.165) is 4.57 Å². The van der Waals surface area contributed by atoms with Gasteiger partial charge in [-0.15, -0.1) is 0 Å². The molecular weight excluding hydrogens is 375 g/mol. The summed E-state index contributed by atoms with van der Waals surface area (Å²) < 4.78 is 73.4. The fraction of sp³-hybridized carbons (Fsp3) is 0.294. The van der Waals surface area contributed by atoms with Crippen molar-refractivity contribution in [3.63, 3.8) is 0 Å². The first-order chi connectivity index (χ1) is 12.5. The van der Waals surface area contributed by atoms with Crippen molar-refractivity contribution in [1.82, 2.24) is 9.55 Å². The fourth-order valence-corrected chi connectivity index (χ4v) is 2.46. The summed E-state index contributed by atoms with van der Waals surface area (Å²) in [5.41, 5.74) is 1.34. The molecule has 27 heavy (non-hydrogen) atoms. The van der Waals surface area contributed by atoms with Crippen LogP contribution in [-0.4, -0.2) is 28.3 Å². The fourth-order valence-electron chi connectivity index (χ4n) is 2.46. The second-order valence-corrected chi connectivity index (χ2v) is 6.00. The molecule has 144 valence electrons. The van der Waals surface area contributed by atoms with Crippen LogP contribution in [-0.2, 0) is 6.54 Å². The van der Waals surface area contributed by atoms with E-state index in [4.69, 9.17) is 4.42 Å². The Balaban J connectivity index is 1.91. The summed E-state index contributed by atoms with van der Waals surface area (Å²) in [6, 6.07) is 7.22. The van der Waals surface area contributed by atoms with Crippen LogP contribution in [0, 0.1) is 0 Å². The first-order valence-electron chi connectivity index (χ1n) is 7.69. The minimum absolute atomic E-state index is 0.145. The van der Waals surface area contributed by atoms with Crippen LogP contribution in [0.3, 0.4) is 0 Å². The third-order valence-corrected chi connectivity index (χ3v) is 3.56. The van der Waals surface area contributed by atoms with Gasteiger partial charge in [0.05, 0.1) is 12.1 Å². The van der Waals surface area contributed by atoms with Crippen molar-refractivity contribution >= 4 is 11.1 Å². The molecule has 3 aromatic rings. The van der Waals surface area contributed by atoms with Crippen molar-refractivity contribution in [2.24, 2.45) is 0 Å². The molecule has 0 fully saturated rings. The van der Waals surface area contributed by atoms with E-state index >= 15 is 0 Å². The number of pyridine rings is 1. The highest BCUT2D eigenvalue weighted by molar-refractivity contribution is 5.80. The monoisotopic (exact) mass is 388 g/mol. The van der Waals surface area contributed by atoms with E-state index in [1.165, 1.54) is 30.5 Å². The Kier molecular flexibility index (Phi) is 4.66. The highest BCUT2D eigenvalue weighted by atomic mass is 19.4. The van der Waals surface area contributed by atoms with Gasteiger partial charge in [-0.05, 0) is 23.8 Å². The maximum atomic E-state index is 13.3. The van der Waals surface area contributed by atoms with Gasteiger partial charge in [-0.3, -0.25) is 4.57 Å². The van der Waals surface area contributed by atoms with Crippen LogP contribution >= 0.6 is 0 Å². The van der Waals surface area contributed by atoms with E-state index in [1.807, 2.05) is 0 Å². The zero-order valence-electron chi connectivity index (χ0n) is 13.9. The highest BCUT2D eigenvalue weighted by Crippen LogP contribution is 2.26. The molecule has 5 nitrogen and oxygen atoms in total. The van der Waals surface area contributed by atoms with Gasteiger partial charge in [-0.1, -0.05) is 6.07 Å². The number of rotatable bonds is 5. The van der Waals surface area contributed by atoms with Gasteiger partial charge >= 0.3 is 11.9 Å². The second kappa shape index (κ2) is 6.67. The number of hydrogen-bond acceptors (Lipinski definition) is 4. The van der Waals surface area contributed by atoms with E-state index in [0.29, 0.717) is 18.1 Å². The zero-order valence-corrected chi connectivity index (χ0v) is 13.9. The van der Waals surface area contributed by atoms with Crippen molar-refractivity contribution in [2.75, 3.05) is 6.61 Å². The SMILES string of the molecule is CC(F)(F)Cn1c(=O)oc2ccc(-c3ccc(OCC(F)(F)F)nc3)cc21. The van der Waals surface area contributed by atoms with Crippen LogP contribution in [0.15, 0.2) is 45.7 Å². The maximum Gasteiger partial charge on any atom is 0.422 e. The Morgan fingerprint density at radius 2 is 1.81 bits per heavy atom. The molecule has 0 aliphatic heterocycles. The first-order valence-corrected chi connectivity index (χ1v) is 7.69. The third-order valence-electron chi connectivity index (χ3n) is 3.56. The van der Waals surface area contributed by atoms with E-state index in [2.05, 4.69) is 9.72 Å². The lowest BCUT2D eigenvalue weighted by Crippen LogP contribution is -2.25. The summed E-state index contributed by atoms with van der Waals surface area (Å²) >= 11 is 0. The quantitative estimate of drug-likeness (QED) is 0.613. The number of halogens is 5. The minimum Gasteiger partial charge on any atom is -0.468 e. The van der Waals surface area contributed by atoms with E-state index in [-0.39, 0.29) is 17.0 Å². The number of alkyl halides is 5. The Morgan fingerprint density at radius 1 is 1.11 bits per heavy atom. The first kappa shape index (κ1) is 18.9. The number of aromatic nitrogens is 2. The molecule has 0 spiro atoms. The summed E-state index contributed by atoms with van der Waals surface area (Å²) in [5.74, 6) is -4.23. The molecule has 0 aliphatic rings. The number of nitrogens with zero attached hydrogens (tertiary/aromatic N) is 2. The van der Waals surface area contributed by atoms with Crippen molar-refractivity contribution in [2.45, 2.75) is 25.6 Å². The predicted octanol–water partition coefficient (Wildman–Crippen LogP) is 4.25. The number of hydrogen-bond donors (Lipinski definition) is 0. The molecule has 0 N–H and O–H groups in total. The molecule has 0 saturated carbocycles. The molecule has 3 rings (SSSR count). The molecule has 2 heterocycles. The molecule has 2 aromatic heterocycles. The van der Waals surface area contributed by atoms with E-state index in [1.54, 1.807) is 6.07 Å². The standard InChI is InChI=1S/C17H13F5N2O3/c1-16(18,19)8-24-12-6-10(2-4-13(12)27-15(24)25)11-3-5-14(23-7-11)26-9-17(20,21)22/h2-7H,8-9H2,1H3. The molecule has 0 radical (unpaired) electrons. The lowest BCUT2D eigenvalue weighted by molar-refractivity contribution is -0.154. The van der Waals surface area contributed by atoms with Crippen molar-refractivity contribution in [3.8, 4) is 17.0 Å². The van der Waals surface area contributed by atoms with Crippen molar-refractivity contribution < 1.29 is 31.1 Å². The Hall–Kier alpha value is -2.91. The van der Waals surface area contributed by atoms with E-state index in [9.17, 15) is 26.7 Å². The number of ether oxygens (including phenoxy) is 1. The normalized spacial score (nSPS) is 12.5. The van der Waals surface area contributed by atoms with Crippen LogP contribution in [0.1, 0.15) is 6.92 Å². The lowest BCUT2D eigenvalue weighted by atomic mass is 10.1. The largest absolute Gasteiger partial charge is 0.468 e. The van der Waals surface area contributed by atoms with Gasteiger partial charge in [0.1, 0.15) is 0 Å². The van der Waals surface area contributed by atoms with Crippen LogP contribution in [0.4, 0.5) is 22.0 Å². The molecule has 0 aliphatic carbocycles. The summed E-state index contributed by atoms with van der Waals surface area (Å²) in [7, 11) is 0. The average Bonchev–Trinajstić information content (AvgIpc) is 2.86. The highest BCUT2D eigenvalue weighted by Gasteiger charge is 2.28. The summed E-state index contributed by atoms with van der Waals surface area (Å²) in [5, 5.41) is 0. The summed E-state index contributed by atoms with van der Waals surface area (Å²) in [4.78, 5) is 15.6. The van der Waals surface area contributed by atoms with Gasteiger partial charge in [-0.25, -0.2) is 18.6 Å². The van der Waals surface area contributed by atoms with Crippen LogP contribution in [0.2, 0.25) is 0 Å². The predicted molar refractivity (Wildman–Crippen MR) is 85.9 cm³/mol. The maximum absolute atomic E-state index is 13.3. The number of benzene rings is 1. The molecule has 10 heteroatoms. The molecular formula is C17H13F5N2O3. The number of oxazole rings is 1. The molecule has 0 bridgehead atoms. The van der Waals surface area contributed by atoms with Gasteiger partial charge in [-0.2, -0.15) is 13.2 Å². The van der Waals surface area contributed by atoms with Gasteiger partial charge in [0.25, 0.3) is 5.92 Å². The van der Waals surface area contributed by atoms with Gasteiger partial charge in [0.15, 0.2) is 12.2 Å². The molecule has 0 unspecified atom stereocenters. The smallest absolute Gasteiger partial charge is 0.422 e. The van der Waals surface area contributed by atoms with Crippen LogP contribution in [0.25, 0.3) is 22.2 Å². The molecule has 0 saturated heterocycles. The zero-order chi connectivity index (χ0) is 19.8. The molecule has 0 atom stereocenters. The van der Waals surface area contributed by atoms with Gasteiger partial charge < -0.3 is 9.15 Å². The van der Waals surface area contributed by atoms with Crippen LogP contribution in [0.5, 0.6) is 5.88 Å². The lowest BCUT2D eigenvalue weighted by Gasteiger charge is -2.11. The van der Waals surface area contributed by atoms with Crippen molar-refractivity contribution in [3.05, 3.63) is 47.1 Å². The second-order valence-electron chi connectivity index (χ2n) is 6.00.